The summed E-state index contributed by atoms with van der Waals surface area (Å²) in [4.78, 5) is 12.2. The van der Waals surface area contributed by atoms with Crippen LogP contribution in [0.5, 0.6) is 5.75 Å². The Morgan fingerprint density at radius 1 is 1.24 bits per heavy atom. The van der Waals surface area contributed by atoms with Crippen LogP contribution in [0.15, 0.2) is 24.3 Å². The van der Waals surface area contributed by atoms with Crippen LogP contribution in [0.1, 0.15) is 53.0 Å². The molecule has 21 heavy (non-hydrogen) atoms. The SMILES string of the molecule is CC(CN)c1cccc(OC(C)(C)C(=O)OC(C)(C)C)c1. The van der Waals surface area contributed by atoms with E-state index in [1.165, 1.54) is 0 Å². The van der Waals surface area contributed by atoms with Crippen LogP contribution in [0.25, 0.3) is 0 Å². The molecule has 0 aromatic heterocycles. The van der Waals surface area contributed by atoms with Crippen molar-refractivity contribution in [2.45, 2.75) is 58.7 Å². The quantitative estimate of drug-likeness (QED) is 0.847. The van der Waals surface area contributed by atoms with Gasteiger partial charge in [0, 0.05) is 0 Å². The first-order valence-electron chi connectivity index (χ1n) is 7.27. The zero-order chi connectivity index (χ0) is 16.3. The summed E-state index contributed by atoms with van der Waals surface area (Å²) in [6.45, 7) is 11.6. The van der Waals surface area contributed by atoms with E-state index in [4.69, 9.17) is 15.2 Å². The van der Waals surface area contributed by atoms with Gasteiger partial charge in [0.15, 0.2) is 5.60 Å². The van der Waals surface area contributed by atoms with Gasteiger partial charge in [-0.2, -0.15) is 0 Å². The molecule has 0 spiro atoms. The van der Waals surface area contributed by atoms with E-state index in [0.717, 1.165) is 5.56 Å². The molecule has 0 saturated heterocycles. The highest BCUT2D eigenvalue weighted by atomic mass is 16.6. The van der Waals surface area contributed by atoms with Crippen LogP contribution in [0.2, 0.25) is 0 Å². The van der Waals surface area contributed by atoms with Crippen molar-refractivity contribution < 1.29 is 14.3 Å². The maximum absolute atomic E-state index is 12.2. The molecule has 1 aromatic rings. The predicted octanol–water partition coefficient (Wildman–Crippen LogP) is 3.25. The van der Waals surface area contributed by atoms with Gasteiger partial charge in [0.2, 0.25) is 0 Å². The fourth-order valence-electron chi connectivity index (χ4n) is 1.76. The molecule has 4 nitrogen and oxygen atoms in total. The third kappa shape index (κ3) is 5.38. The molecule has 2 N–H and O–H groups in total. The lowest BCUT2D eigenvalue weighted by Gasteiger charge is -2.29. The third-order valence-corrected chi connectivity index (χ3v) is 3.04. The van der Waals surface area contributed by atoms with E-state index < -0.39 is 11.2 Å². The first-order chi connectivity index (χ1) is 9.55. The number of benzene rings is 1. The molecular weight excluding hydrogens is 266 g/mol. The van der Waals surface area contributed by atoms with Crippen LogP contribution < -0.4 is 10.5 Å². The molecule has 118 valence electrons. The van der Waals surface area contributed by atoms with E-state index in [2.05, 4.69) is 6.92 Å². The van der Waals surface area contributed by atoms with E-state index in [1.54, 1.807) is 13.8 Å². The van der Waals surface area contributed by atoms with Crippen molar-refractivity contribution in [2.75, 3.05) is 6.54 Å². The Morgan fingerprint density at radius 2 is 1.86 bits per heavy atom. The zero-order valence-electron chi connectivity index (χ0n) is 13.9. The number of hydrogen-bond donors (Lipinski definition) is 1. The fourth-order valence-corrected chi connectivity index (χ4v) is 1.76. The number of nitrogens with two attached hydrogens (primary N) is 1. The monoisotopic (exact) mass is 293 g/mol. The van der Waals surface area contributed by atoms with Crippen LogP contribution in [0.3, 0.4) is 0 Å². The van der Waals surface area contributed by atoms with E-state index in [0.29, 0.717) is 12.3 Å². The van der Waals surface area contributed by atoms with Crippen LogP contribution in [0.4, 0.5) is 0 Å². The zero-order valence-corrected chi connectivity index (χ0v) is 13.9. The average molecular weight is 293 g/mol. The highest BCUT2D eigenvalue weighted by molar-refractivity contribution is 5.79. The normalized spacial score (nSPS) is 13.7. The minimum Gasteiger partial charge on any atom is -0.476 e. The Morgan fingerprint density at radius 3 is 2.38 bits per heavy atom. The van der Waals surface area contributed by atoms with Crippen molar-refractivity contribution in [3.63, 3.8) is 0 Å². The van der Waals surface area contributed by atoms with Gasteiger partial charge in [-0.15, -0.1) is 0 Å². The topological polar surface area (TPSA) is 61.5 Å². The summed E-state index contributed by atoms with van der Waals surface area (Å²) >= 11 is 0. The Kier molecular flexibility index (Phi) is 5.40. The first-order valence-corrected chi connectivity index (χ1v) is 7.27. The Balaban J connectivity index is 2.86. The molecular formula is C17H27NO3. The first kappa shape index (κ1) is 17.5. The number of hydrogen-bond acceptors (Lipinski definition) is 4. The average Bonchev–Trinajstić information content (AvgIpc) is 2.35. The Labute approximate surface area is 127 Å². The summed E-state index contributed by atoms with van der Waals surface area (Å²) in [6, 6.07) is 7.66. The van der Waals surface area contributed by atoms with Crippen molar-refractivity contribution in [1.82, 2.24) is 0 Å². The second kappa shape index (κ2) is 6.48. The summed E-state index contributed by atoms with van der Waals surface area (Å²) in [5, 5.41) is 0. The molecule has 1 unspecified atom stereocenters. The number of ether oxygens (including phenoxy) is 2. The summed E-state index contributed by atoms with van der Waals surface area (Å²) in [6.07, 6.45) is 0. The highest BCUT2D eigenvalue weighted by Gasteiger charge is 2.34. The van der Waals surface area contributed by atoms with Crippen LogP contribution in [-0.4, -0.2) is 23.7 Å². The second-order valence-corrected chi connectivity index (χ2v) is 6.82. The van der Waals surface area contributed by atoms with Gasteiger partial charge in [-0.1, -0.05) is 19.1 Å². The van der Waals surface area contributed by atoms with Gasteiger partial charge in [0.25, 0.3) is 0 Å². The summed E-state index contributed by atoms with van der Waals surface area (Å²) < 4.78 is 11.2. The summed E-state index contributed by atoms with van der Waals surface area (Å²) in [5.74, 6) is 0.508. The molecule has 0 aliphatic heterocycles. The van der Waals surface area contributed by atoms with Crippen molar-refractivity contribution in [3.8, 4) is 5.75 Å². The minimum absolute atomic E-state index is 0.248. The molecule has 0 aliphatic carbocycles. The van der Waals surface area contributed by atoms with Gasteiger partial charge in [0.1, 0.15) is 11.4 Å². The van der Waals surface area contributed by atoms with Crippen molar-refractivity contribution in [1.29, 1.82) is 0 Å². The molecule has 1 atom stereocenters. The number of carbonyl (C=O) groups excluding carboxylic acids is 1. The highest BCUT2D eigenvalue weighted by Crippen LogP contribution is 2.25. The van der Waals surface area contributed by atoms with Gasteiger partial charge in [-0.05, 0) is 64.8 Å². The minimum atomic E-state index is -1.04. The number of carbonyl (C=O) groups is 1. The van der Waals surface area contributed by atoms with E-state index in [1.807, 2.05) is 45.0 Å². The molecule has 1 aromatic carbocycles. The van der Waals surface area contributed by atoms with Gasteiger partial charge in [0.05, 0.1) is 0 Å². The van der Waals surface area contributed by atoms with Crippen molar-refractivity contribution >= 4 is 5.97 Å². The molecule has 0 bridgehead atoms. The molecule has 0 radical (unpaired) electrons. The number of rotatable bonds is 5. The smallest absolute Gasteiger partial charge is 0.350 e. The van der Waals surface area contributed by atoms with Gasteiger partial charge < -0.3 is 15.2 Å². The fraction of sp³-hybridized carbons (Fsp3) is 0.588. The van der Waals surface area contributed by atoms with Crippen LogP contribution >= 0.6 is 0 Å². The molecule has 0 amide bonds. The summed E-state index contributed by atoms with van der Waals surface area (Å²) in [5.41, 5.74) is 5.20. The molecule has 4 heteroatoms. The van der Waals surface area contributed by atoms with Gasteiger partial charge in [-0.25, -0.2) is 4.79 Å². The van der Waals surface area contributed by atoms with Crippen LogP contribution in [-0.2, 0) is 9.53 Å². The third-order valence-electron chi connectivity index (χ3n) is 3.04. The lowest BCUT2D eigenvalue weighted by atomic mass is 10.0. The maximum atomic E-state index is 12.2. The second-order valence-electron chi connectivity index (χ2n) is 6.82. The lowest BCUT2D eigenvalue weighted by molar-refractivity contribution is -0.170. The van der Waals surface area contributed by atoms with Crippen LogP contribution in [0, 0.1) is 0 Å². The molecule has 0 aliphatic rings. The standard InChI is InChI=1S/C17H27NO3/c1-12(11-18)13-8-7-9-14(10-13)20-17(5,6)15(19)21-16(2,3)4/h7-10,12H,11,18H2,1-6H3. The molecule has 0 saturated carbocycles. The Bertz CT molecular complexity index is 489. The molecule has 1 rings (SSSR count). The van der Waals surface area contributed by atoms with E-state index in [-0.39, 0.29) is 11.9 Å². The van der Waals surface area contributed by atoms with Gasteiger partial charge >= 0.3 is 5.97 Å². The Hall–Kier alpha value is -1.55. The van der Waals surface area contributed by atoms with Gasteiger partial charge in [-0.3, -0.25) is 0 Å². The predicted molar refractivity (Wildman–Crippen MR) is 84.5 cm³/mol. The van der Waals surface area contributed by atoms with Crippen molar-refractivity contribution in [3.05, 3.63) is 29.8 Å². The largest absolute Gasteiger partial charge is 0.476 e. The maximum Gasteiger partial charge on any atom is 0.350 e. The van der Waals surface area contributed by atoms with E-state index >= 15 is 0 Å². The number of esters is 1. The summed E-state index contributed by atoms with van der Waals surface area (Å²) in [7, 11) is 0. The molecule has 0 fully saturated rings. The van der Waals surface area contributed by atoms with E-state index in [9.17, 15) is 4.79 Å². The lowest BCUT2D eigenvalue weighted by Crippen LogP contribution is -2.43. The molecule has 0 heterocycles. The van der Waals surface area contributed by atoms with Crippen molar-refractivity contribution in [2.24, 2.45) is 5.73 Å².